The van der Waals surface area contributed by atoms with E-state index in [1.54, 1.807) is 0 Å². The van der Waals surface area contributed by atoms with E-state index in [1.165, 1.54) is 109 Å². The SMILES string of the molecule is CCC(C)CCCCCCCCCCC(=O)O[C@H](COC(=O)CCCCCCCCC(C)CC)COP(=O)(O)OC[C@H](O)COP(=O)(O)OC[C@@H](COC(=O)CCCCCCCCCCCC(C)C)OC(=O)CCCCCCCCCC(C)C. The van der Waals surface area contributed by atoms with Gasteiger partial charge in [-0.1, -0.05) is 261 Å². The molecule has 0 bridgehead atoms. The van der Waals surface area contributed by atoms with E-state index in [-0.39, 0.29) is 25.7 Å². The second-order valence-electron chi connectivity index (χ2n) is 24.9. The van der Waals surface area contributed by atoms with Crippen LogP contribution in [0.25, 0.3) is 0 Å². The fraction of sp³-hybridized carbons (Fsp3) is 0.938. The van der Waals surface area contributed by atoms with Gasteiger partial charge in [-0.15, -0.1) is 0 Å². The number of unbranched alkanes of at least 4 members (excludes halogenated alkanes) is 26. The third-order valence-electron chi connectivity index (χ3n) is 15.5. The molecular formula is C65H126O17P2. The van der Waals surface area contributed by atoms with Crippen molar-refractivity contribution in [2.75, 3.05) is 39.6 Å². The zero-order valence-electron chi connectivity index (χ0n) is 54.5. The Morgan fingerprint density at radius 1 is 0.333 bits per heavy atom. The number of carbonyl (C=O) groups is 4. The second kappa shape index (κ2) is 55.2. The lowest BCUT2D eigenvalue weighted by molar-refractivity contribution is -0.161. The van der Waals surface area contributed by atoms with E-state index < -0.39 is 97.5 Å². The Morgan fingerprint density at radius 2 is 0.571 bits per heavy atom. The first-order chi connectivity index (χ1) is 40.2. The van der Waals surface area contributed by atoms with Gasteiger partial charge < -0.3 is 33.8 Å². The number of phosphoric ester groups is 2. The summed E-state index contributed by atoms with van der Waals surface area (Å²) in [5.74, 6) is 0.799. The van der Waals surface area contributed by atoms with Crippen molar-refractivity contribution in [2.45, 2.75) is 331 Å². The highest BCUT2D eigenvalue weighted by molar-refractivity contribution is 7.47. The van der Waals surface area contributed by atoms with Gasteiger partial charge in [-0.2, -0.15) is 0 Å². The van der Waals surface area contributed by atoms with E-state index >= 15 is 0 Å². The maximum absolute atomic E-state index is 13.0. The van der Waals surface area contributed by atoms with E-state index in [0.29, 0.717) is 31.6 Å². The Bertz CT molecular complexity index is 1680. The molecule has 7 atom stereocenters. The average Bonchev–Trinajstić information content (AvgIpc) is 3.46. The predicted octanol–water partition coefficient (Wildman–Crippen LogP) is 17.8. The second-order valence-corrected chi connectivity index (χ2v) is 27.8. The average molecular weight is 1240 g/mol. The molecule has 0 aliphatic rings. The Morgan fingerprint density at radius 3 is 0.845 bits per heavy atom. The number of phosphoric acid groups is 2. The van der Waals surface area contributed by atoms with E-state index in [2.05, 4.69) is 55.4 Å². The summed E-state index contributed by atoms with van der Waals surface area (Å²) in [6, 6.07) is 0. The smallest absolute Gasteiger partial charge is 0.462 e. The molecule has 0 saturated heterocycles. The van der Waals surface area contributed by atoms with Crippen LogP contribution in [0.4, 0.5) is 0 Å². The first kappa shape index (κ1) is 82.1. The Kier molecular flexibility index (Phi) is 53.9. The molecule has 17 nitrogen and oxygen atoms in total. The molecule has 0 radical (unpaired) electrons. The number of esters is 4. The third kappa shape index (κ3) is 56.6. The molecule has 0 heterocycles. The lowest BCUT2D eigenvalue weighted by atomic mass is 9.99. The number of hydrogen-bond donors (Lipinski definition) is 3. The first-order valence-corrected chi connectivity index (χ1v) is 36.8. The van der Waals surface area contributed by atoms with Gasteiger partial charge in [0.25, 0.3) is 0 Å². The summed E-state index contributed by atoms with van der Waals surface area (Å²) < 4.78 is 68.0. The molecule has 0 aromatic heterocycles. The van der Waals surface area contributed by atoms with Gasteiger partial charge in [-0.05, 0) is 49.4 Å². The number of rotatable bonds is 62. The van der Waals surface area contributed by atoms with Gasteiger partial charge in [-0.25, -0.2) is 9.13 Å². The number of aliphatic hydroxyl groups is 1. The molecule has 0 spiro atoms. The Balaban J connectivity index is 5.26. The maximum atomic E-state index is 13.0. The summed E-state index contributed by atoms with van der Waals surface area (Å²) in [6.45, 7) is 14.0. The molecular weight excluding hydrogens is 1110 g/mol. The molecule has 4 unspecified atom stereocenters. The zero-order valence-corrected chi connectivity index (χ0v) is 56.3. The predicted molar refractivity (Wildman–Crippen MR) is 335 cm³/mol. The van der Waals surface area contributed by atoms with Crippen molar-refractivity contribution in [1.82, 2.24) is 0 Å². The number of ether oxygens (including phenoxy) is 4. The molecule has 0 aromatic carbocycles. The van der Waals surface area contributed by atoms with Gasteiger partial charge in [-0.3, -0.25) is 37.3 Å². The van der Waals surface area contributed by atoms with Crippen LogP contribution in [0.3, 0.4) is 0 Å². The molecule has 0 amide bonds. The molecule has 0 rings (SSSR count). The van der Waals surface area contributed by atoms with E-state index in [9.17, 15) is 43.2 Å². The minimum absolute atomic E-state index is 0.102. The molecule has 0 fully saturated rings. The number of aliphatic hydroxyl groups excluding tert-OH is 1. The van der Waals surface area contributed by atoms with E-state index in [0.717, 1.165) is 114 Å². The van der Waals surface area contributed by atoms with Crippen molar-refractivity contribution < 1.29 is 80.2 Å². The molecule has 19 heteroatoms. The normalized spacial score (nSPS) is 15.1. The van der Waals surface area contributed by atoms with E-state index in [1.807, 2.05) is 0 Å². The summed E-state index contributed by atoms with van der Waals surface area (Å²) >= 11 is 0. The Labute approximate surface area is 511 Å². The highest BCUT2D eigenvalue weighted by atomic mass is 31.2. The van der Waals surface area contributed by atoms with Crippen LogP contribution in [0, 0.1) is 23.7 Å². The van der Waals surface area contributed by atoms with Crippen LogP contribution in [0.1, 0.15) is 312 Å². The van der Waals surface area contributed by atoms with Gasteiger partial charge in [0.2, 0.25) is 0 Å². The van der Waals surface area contributed by atoms with Crippen LogP contribution in [-0.2, 0) is 65.4 Å². The van der Waals surface area contributed by atoms with Gasteiger partial charge in [0, 0.05) is 25.7 Å². The van der Waals surface area contributed by atoms with Gasteiger partial charge in [0.15, 0.2) is 12.2 Å². The van der Waals surface area contributed by atoms with Crippen molar-refractivity contribution >= 4 is 39.5 Å². The maximum Gasteiger partial charge on any atom is 0.472 e. The molecule has 0 aliphatic heterocycles. The fourth-order valence-corrected chi connectivity index (χ4v) is 11.1. The van der Waals surface area contributed by atoms with Crippen LogP contribution >= 0.6 is 15.6 Å². The molecule has 3 N–H and O–H groups in total. The quantitative estimate of drug-likeness (QED) is 0.0222. The van der Waals surface area contributed by atoms with E-state index in [4.69, 9.17) is 37.0 Å². The zero-order chi connectivity index (χ0) is 62.5. The minimum atomic E-state index is -4.95. The summed E-state index contributed by atoms with van der Waals surface area (Å²) in [5.41, 5.74) is 0. The lowest BCUT2D eigenvalue weighted by Gasteiger charge is -2.21. The van der Waals surface area contributed by atoms with Crippen LogP contribution < -0.4 is 0 Å². The van der Waals surface area contributed by atoms with Crippen molar-refractivity contribution in [3.63, 3.8) is 0 Å². The third-order valence-corrected chi connectivity index (χ3v) is 17.4. The number of hydrogen-bond acceptors (Lipinski definition) is 15. The van der Waals surface area contributed by atoms with Crippen LogP contribution in [0.5, 0.6) is 0 Å². The topological polar surface area (TPSA) is 237 Å². The lowest BCUT2D eigenvalue weighted by Crippen LogP contribution is -2.30. The van der Waals surface area contributed by atoms with Gasteiger partial charge in [0.05, 0.1) is 26.4 Å². The molecule has 84 heavy (non-hydrogen) atoms. The summed E-state index contributed by atoms with van der Waals surface area (Å²) in [6.07, 6.45) is 34.9. The van der Waals surface area contributed by atoms with Crippen molar-refractivity contribution in [2.24, 2.45) is 23.7 Å². The first-order valence-electron chi connectivity index (χ1n) is 33.8. The fourth-order valence-electron chi connectivity index (χ4n) is 9.54. The molecule has 0 aromatic rings. The number of carbonyl (C=O) groups excluding carboxylic acids is 4. The molecule has 0 saturated carbocycles. The standard InChI is InChI=1S/C65H126O17P2/c1-9-57(7)43-35-27-19-14-15-21-31-39-47-64(69)81-61(52-76-63(68)46-38-30-24-23-28-36-44-58(8)10-2)54-80-84(73,74)78-50-59(66)49-77-83(71,72)79-53-60(82-65(70)48-40-32-22-16-18-26-34-42-56(5)6)51-75-62(67)45-37-29-20-13-11-12-17-25-33-41-55(3)4/h55-61,66H,9-54H2,1-8H3,(H,71,72)(H,73,74)/t57?,58?,59-,60-,61-/m1/s1. The van der Waals surface area contributed by atoms with Crippen molar-refractivity contribution in [1.29, 1.82) is 0 Å². The van der Waals surface area contributed by atoms with Crippen LogP contribution in [0.2, 0.25) is 0 Å². The van der Waals surface area contributed by atoms with Gasteiger partial charge in [0.1, 0.15) is 19.3 Å². The molecule has 498 valence electrons. The summed E-state index contributed by atoms with van der Waals surface area (Å²) in [4.78, 5) is 72.3. The monoisotopic (exact) mass is 1240 g/mol. The van der Waals surface area contributed by atoms with Crippen molar-refractivity contribution in [3.8, 4) is 0 Å². The highest BCUT2D eigenvalue weighted by Gasteiger charge is 2.30. The van der Waals surface area contributed by atoms with Gasteiger partial charge >= 0.3 is 39.5 Å². The molecule has 0 aliphatic carbocycles. The highest BCUT2D eigenvalue weighted by Crippen LogP contribution is 2.45. The minimum Gasteiger partial charge on any atom is -0.462 e. The summed E-state index contributed by atoms with van der Waals surface area (Å²) in [7, 11) is -9.89. The summed E-state index contributed by atoms with van der Waals surface area (Å²) in [5, 5.41) is 10.5. The van der Waals surface area contributed by atoms with Crippen LogP contribution in [0.15, 0.2) is 0 Å². The van der Waals surface area contributed by atoms with Crippen molar-refractivity contribution in [3.05, 3.63) is 0 Å². The largest absolute Gasteiger partial charge is 0.472 e. The Hall–Kier alpha value is -1.94. The van der Waals surface area contributed by atoms with Crippen LogP contribution in [-0.4, -0.2) is 96.7 Å².